The van der Waals surface area contributed by atoms with Crippen LogP contribution in [0.3, 0.4) is 0 Å². The van der Waals surface area contributed by atoms with E-state index in [1.807, 2.05) is 37.2 Å². The van der Waals surface area contributed by atoms with E-state index in [2.05, 4.69) is 30.3 Å². The zero-order chi connectivity index (χ0) is 25.2. The fourth-order valence-electron chi connectivity index (χ4n) is 4.47. The number of likely N-dealkylation sites (tertiary alicyclic amines) is 1. The molecule has 5 rings (SSSR count). The lowest BCUT2D eigenvalue weighted by atomic mass is 10.1. The number of aromatic amines is 1. The van der Waals surface area contributed by atoms with Crippen LogP contribution in [0.1, 0.15) is 16.8 Å². The van der Waals surface area contributed by atoms with Crippen LogP contribution in [0, 0.1) is 4.91 Å². The highest BCUT2D eigenvalue weighted by atomic mass is 16.5. The highest BCUT2D eigenvalue weighted by Crippen LogP contribution is 2.31. The van der Waals surface area contributed by atoms with Gasteiger partial charge in [0.25, 0.3) is 5.91 Å². The highest BCUT2D eigenvalue weighted by molar-refractivity contribution is 5.95. The summed E-state index contributed by atoms with van der Waals surface area (Å²) >= 11 is 0. The minimum absolute atomic E-state index is 0.00210. The van der Waals surface area contributed by atoms with Crippen LogP contribution in [0.5, 0.6) is 5.75 Å². The van der Waals surface area contributed by atoms with Crippen LogP contribution < -0.4 is 10.1 Å². The Bertz CT molecular complexity index is 1430. The summed E-state index contributed by atoms with van der Waals surface area (Å²) in [4.78, 5) is 40.2. The van der Waals surface area contributed by atoms with Crippen molar-refractivity contribution < 1.29 is 9.53 Å². The van der Waals surface area contributed by atoms with Gasteiger partial charge in [-0.2, -0.15) is 0 Å². The second kappa shape index (κ2) is 9.74. The Morgan fingerprint density at radius 2 is 2.06 bits per heavy atom. The van der Waals surface area contributed by atoms with Crippen molar-refractivity contribution in [2.75, 3.05) is 39.6 Å². The van der Waals surface area contributed by atoms with Gasteiger partial charge in [-0.3, -0.25) is 9.78 Å². The number of carbonyl (C=O) groups is 1. The minimum atomic E-state index is -0.00210. The van der Waals surface area contributed by atoms with Gasteiger partial charge in [0.2, 0.25) is 0 Å². The number of hydrogen-bond donors (Lipinski definition) is 2. The van der Waals surface area contributed by atoms with E-state index in [1.165, 1.54) is 0 Å². The average Bonchev–Trinajstić information content (AvgIpc) is 3.56. The maximum atomic E-state index is 13.1. The number of anilines is 2. The molecule has 4 aromatic rings. The summed E-state index contributed by atoms with van der Waals surface area (Å²) < 4.78 is 5.58. The normalized spacial score (nSPS) is 15.4. The van der Waals surface area contributed by atoms with Crippen molar-refractivity contribution in [1.82, 2.24) is 24.8 Å². The van der Waals surface area contributed by atoms with Crippen molar-refractivity contribution >= 4 is 34.0 Å². The number of rotatable bonds is 7. The highest BCUT2D eigenvalue weighted by Gasteiger charge is 2.28. The Hall–Kier alpha value is -4.31. The number of nitroso groups, excluding NO2 is 1. The standard InChI is InChI=1S/C26H27N7O3/c1-32(2)19-8-9-33(15-19)26(34)16-4-6-21(24(12-16)36-3)29-25-14-27-13-23(30-25)22-11-17-10-18(31-35)5-7-20(17)28-22/h4-7,10-14,19,28H,8-9,15H2,1-3H3,(H,29,30)/t19-/m0/s1. The van der Waals surface area contributed by atoms with Crippen molar-refractivity contribution in [2.45, 2.75) is 12.5 Å². The zero-order valence-corrected chi connectivity index (χ0v) is 20.4. The van der Waals surface area contributed by atoms with E-state index in [0.29, 0.717) is 40.2 Å². The lowest BCUT2D eigenvalue weighted by Gasteiger charge is -2.21. The third-order valence-electron chi connectivity index (χ3n) is 6.51. The predicted molar refractivity (Wildman–Crippen MR) is 139 cm³/mol. The van der Waals surface area contributed by atoms with Crippen LogP contribution in [0.25, 0.3) is 22.3 Å². The second-order valence-corrected chi connectivity index (χ2v) is 9.03. The molecule has 0 saturated carbocycles. The van der Waals surface area contributed by atoms with Gasteiger partial charge < -0.3 is 24.8 Å². The smallest absolute Gasteiger partial charge is 0.254 e. The van der Waals surface area contributed by atoms with E-state index in [1.54, 1.807) is 43.8 Å². The minimum Gasteiger partial charge on any atom is -0.495 e. The van der Waals surface area contributed by atoms with Crippen molar-refractivity contribution in [3.05, 3.63) is 65.3 Å². The molecule has 36 heavy (non-hydrogen) atoms. The lowest BCUT2D eigenvalue weighted by Crippen LogP contribution is -2.34. The molecule has 184 valence electrons. The molecule has 1 aliphatic heterocycles. The Labute approximate surface area is 208 Å². The number of aromatic nitrogens is 3. The maximum Gasteiger partial charge on any atom is 0.254 e. The van der Waals surface area contributed by atoms with Crippen LogP contribution in [-0.4, -0.2) is 71.0 Å². The predicted octanol–water partition coefficient (Wildman–Crippen LogP) is 4.55. The van der Waals surface area contributed by atoms with Crippen LogP contribution in [0.4, 0.5) is 17.2 Å². The van der Waals surface area contributed by atoms with E-state index in [9.17, 15) is 9.70 Å². The number of H-pyrrole nitrogens is 1. The molecule has 3 heterocycles. The molecule has 1 aliphatic rings. The molecule has 10 heteroatoms. The summed E-state index contributed by atoms with van der Waals surface area (Å²) in [5.74, 6) is 1.06. The van der Waals surface area contributed by atoms with Crippen LogP contribution in [0.2, 0.25) is 0 Å². The van der Waals surface area contributed by atoms with E-state index in [0.717, 1.165) is 36.1 Å². The number of amides is 1. The van der Waals surface area contributed by atoms with Gasteiger partial charge >= 0.3 is 0 Å². The molecular formula is C26H27N7O3. The summed E-state index contributed by atoms with van der Waals surface area (Å²) in [5.41, 5.74) is 3.89. The summed E-state index contributed by atoms with van der Waals surface area (Å²) in [5, 5.41) is 7.09. The van der Waals surface area contributed by atoms with Crippen LogP contribution in [0.15, 0.2) is 60.0 Å². The van der Waals surface area contributed by atoms with Crippen molar-refractivity contribution in [3.63, 3.8) is 0 Å². The third kappa shape index (κ3) is 4.63. The molecule has 1 fully saturated rings. The number of ether oxygens (including phenoxy) is 1. The molecule has 0 unspecified atom stereocenters. The Kier molecular flexibility index (Phi) is 6.34. The van der Waals surface area contributed by atoms with Gasteiger partial charge in [0.15, 0.2) is 0 Å². The molecule has 2 aromatic carbocycles. The number of fused-ring (bicyclic) bond motifs is 1. The Morgan fingerprint density at radius 1 is 1.19 bits per heavy atom. The number of methoxy groups -OCH3 is 1. The topological polar surface area (TPSA) is 116 Å². The molecule has 1 atom stereocenters. The van der Waals surface area contributed by atoms with E-state index < -0.39 is 0 Å². The fraction of sp³-hybridized carbons (Fsp3) is 0.269. The molecule has 0 radical (unpaired) electrons. The molecule has 10 nitrogen and oxygen atoms in total. The maximum absolute atomic E-state index is 13.1. The SMILES string of the molecule is COc1cc(C(=O)N2CC[C@H](N(C)C)C2)ccc1Nc1cncc(-c2cc3cc(N=O)ccc3[nH]2)n1. The van der Waals surface area contributed by atoms with Gasteiger partial charge in [0, 0.05) is 35.6 Å². The Balaban J connectivity index is 1.36. The van der Waals surface area contributed by atoms with E-state index in [-0.39, 0.29) is 5.91 Å². The summed E-state index contributed by atoms with van der Waals surface area (Å²) in [6, 6.07) is 12.8. The fourth-order valence-corrected chi connectivity index (χ4v) is 4.47. The molecule has 1 amide bonds. The van der Waals surface area contributed by atoms with Crippen LogP contribution >= 0.6 is 0 Å². The molecule has 2 N–H and O–H groups in total. The van der Waals surface area contributed by atoms with Gasteiger partial charge in [-0.1, -0.05) is 0 Å². The molecular weight excluding hydrogens is 458 g/mol. The van der Waals surface area contributed by atoms with Gasteiger partial charge in [-0.25, -0.2) is 4.98 Å². The quantitative estimate of drug-likeness (QED) is 0.369. The lowest BCUT2D eigenvalue weighted by molar-refractivity contribution is 0.0782. The first kappa shape index (κ1) is 23.4. The summed E-state index contributed by atoms with van der Waals surface area (Å²) in [6.07, 6.45) is 4.24. The summed E-state index contributed by atoms with van der Waals surface area (Å²) in [6.45, 7) is 1.46. The molecule has 1 saturated heterocycles. The summed E-state index contributed by atoms with van der Waals surface area (Å²) in [7, 11) is 5.65. The van der Waals surface area contributed by atoms with Gasteiger partial charge in [-0.05, 0) is 68.2 Å². The van der Waals surface area contributed by atoms with Crippen LogP contribution in [-0.2, 0) is 0 Å². The number of carbonyl (C=O) groups excluding carboxylic acids is 1. The number of benzene rings is 2. The van der Waals surface area contributed by atoms with E-state index in [4.69, 9.17) is 4.74 Å². The largest absolute Gasteiger partial charge is 0.495 e. The molecule has 2 aromatic heterocycles. The van der Waals surface area contributed by atoms with Crippen molar-refractivity contribution in [1.29, 1.82) is 0 Å². The van der Waals surface area contributed by atoms with Gasteiger partial charge in [0.1, 0.15) is 22.9 Å². The zero-order valence-electron chi connectivity index (χ0n) is 20.4. The molecule has 0 aliphatic carbocycles. The first-order chi connectivity index (χ1) is 17.4. The monoisotopic (exact) mass is 485 g/mol. The van der Waals surface area contributed by atoms with E-state index >= 15 is 0 Å². The Morgan fingerprint density at radius 3 is 2.81 bits per heavy atom. The second-order valence-electron chi connectivity index (χ2n) is 9.03. The molecule has 0 bridgehead atoms. The van der Waals surface area contributed by atoms with Crippen molar-refractivity contribution in [2.24, 2.45) is 5.18 Å². The number of likely N-dealkylation sites (N-methyl/N-ethyl adjacent to an activating group) is 1. The van der Waals surface area contributed by atoms with Gasteiger partial charge in [-0.15, -0.1) is 4.91 Å². The van der Waals surface area contributed by atoms with Gasteiger partial charge in [0.05, 0.1) is 30.9 Å². The average molecular weight is 486 g/mol. The number of hydrogen-bond acceptors (Lipinski definition) is 8. The molecule has 0 spiro atoms. The first-order valence-corrected chi connectivity index (χ1v) is 11.6. The first-order valence-electron chi connectivity index (χ1n) is 11.6. The third-order valence-corrected chi connectivity index (χ3v) is 6.51. The number of nitrogens with one attached hydrogen (secondary N) is 2. The number of nitrogens with zero attached hydrogens (tertiary/aromatic N) is 5. The van der Waals surface area contributed by atoms with Crippen molar-refractivity contribution in [3.8, 4) is 17.1 Å².